The van der Waals surface area contributed by atoms with Crippen molar-refractivity contribution in [3.63, 3.8) is 0 Å². The van der Waals surface area contributed by atoms with Gasteiger partial charge in [0.05, 0.1) is 10.6 Å². The van der Waals surface area contributed by atoms with E-state index in [1.807, 2.05) is 0 Å². The Balaban J connectivity index is 2.41. The van der Waals surface area contributed by atoms with Gasteiger partial charge in [0.25, 0.3) is 10.0 Å². The van der Waals surface area contributed by atoms with E-state index in [1.165, 1.54) is 18.3 Å². The number of halogens is 1. The van der Waals surface area contributed by atoms with E-state index in [0.717, 1.165) is 6.07 Å². The molecule has 1 heterocycles. The minimum Gasteiger partial charge on any atom is -0.279 e. The largest absolute Gasteiger partial charge is 0.279 e. The van der Waals surface area contributed by atoms with Crippen molar-refractivity contribution in [1.29, 1.82) is 0 Å². The highest BCUT2D eigenvalue weighted by Gasteiger charge is 2.17. The van der Waals surface area contributed by atoms with Crippen molar-refractivity contribution >= 4 is 15.7 Å². The maximum atomic E-state index is 13.0. The predicted molar refractivity (Wildman–Crippen MR) is 70.9 cm³/mol. The molecule has 0 spiro atoms. The van der Waals surface area contributed by atoms with Crippen LogP contribution in [0.5, 0.6) is 0 Å². The van der Waals surface area contributed by atoms with Crippen molar-refractivity contribution in [2.24, 2.45) is 0 Å². The molecular formula is C13H13FN2O2S. The lowest BCUT2D eigenvalue weighted by Gasteiger charge is -2.11. The molecule has 0 amide bonds. The van der Waals surface area contributed by atoms with E-state index in [-0.39, 0.29) is 4.90 Å². The maximum Gasteiger partial charge on any atom is 0.262 e. The first-order valence-electron chi connectivity index (χ1n) is 5.60. The van der Waals surface area contributed by atoms with E-state index in [0.29, 0.717) is 16.8 Å². The summed E-state index contributed by atoms with van der Waals surface area (Å²) in [5.41, 5.74) is 1.53. The summed E-state index contributed by atoms with van der Waals surface area (Å²) in [5, 5.41) is 0. The van der Waals surface area contributed by atoms with Crippen LogP contribution in [0.15, 0.2) is 41.6 Å². The van der Waals surface area contributed by atoms with Crippen LogP contribution in [-0.4, -0.2) is 13.4 Å². The van der Waals surface area contributed by atoms with Gasteiger partial charge in [-0.2, -0.15) is 0 Å². The fourth-order valence-corrected chi connectivity index (χ4v) is 3.06. The molecule has 6 heteroatoms. The first-order chi connectivity index (χ1) is 8.90. The third kappa shape index (κ3) is 2.90. The van der Waals surface area contributed by atoms with Crippen molar-refractivity contribution in [1.82, 2.24) is 4.98 Å². The molecule has 0 radical (unpaired) electrons. The standard InChI is InChI=1S/C13H13FN2O2S/c1-9-7-11(14)3-4-13(9)19(17,18)16-12-5-6-15-8-10(12)2/h3-8H,1-2H3,(H,15,16). The Hall–Kier alpha value is -1.95. The van der Waals surface area contributed by atoms with Gasteiger partial charge < -0.3 is 0 Å². The van der Waals surface area contributed by atoms with Crippen molar-refractivity contribution in [3.05, 3.63) is 53.6 Å². The molecule has 0 fully saturated rings. The molecule has 2 aromatic rings. The second-order valence-electron chi connectivity index (χ2n) is 4.21. The number of nitrogens with zero attached hydrogens (tertiary/aromatic N) is 1. The number of hydrogen-bond donors (Lipinski definition) is 1. The van der Waals surface area contributed by atoms with Crippen LogP contribution in [0, 0.1) is 19.7 Å². The maximum absolute atomic E-state index is 13.0. The lowest BCUT2D eigenvalue weighted by atomic mass is 10.2. The smallest absolute Gasteiger partial charge is 0.262 e. The highest BCUT2D eigenvalue weighted by Crippen LogP contribution is 2.21. The first kappa shape index (κ1) is 13.5. The molecule has 0 aliphatic rings. The number of nitrogens with one attached hydrogen (secondary N) is 1. The van der Waals surface area contributed by atoms with E-state index in [4.69, 9.17) is 0 Å². The number of benzene rings is 1. The Bertz CT molecular complexity index is 714. The average molecular weight is 280 g/mol. The molecule has 0 aliphatic heterocycles. The van der Waals surface area contributed by atoms with Gasteiger partial charge in [-0.3, -0.25) is 9.71 Å². The third-order valence-corrected chi connectivity index (χ3v) is 4.22. The zero-order valence-electron chi connectivity index (χ0n) is 10.5. The predicted octanol–water partition coefficient (Wildman–Crippen LogP) is 2.64. The Labute approximate surface area is 111 Å². The third-order valence-electron chi connectivity index (χ3n) is 2.69. The van der Waals surface area contributed by atoms with Crippen molar-refractivity contribution < 1.29 is 12.8 Å². The van der Waals surface area contributed by atoms with Crippen LogP contribution >= 0.6 is 0 Å². The zero-order chi connectivity index (χ0) is 14.0. The van der Waals surface area contributed by atoms with Gasteiger partial charge in [0.1, 0.15) is 5.82 Å². The summed E-state index contributed by atoms with van der Waals surface area (Å²) in [5.74, 6) is -0.462. The minimum atomic E-state index is -3.73. The van der Waals surface area contributed by atoms with Crippen LogP contribution in [0.25, 0.3) is 0 Å². The summed E-state index contributed by atoms with van der Waals surface area (Å²) in [7, 11) is -3.73. The zero-order valence-corrected chi connectivity index (χ0v) is 11.3. The molecule has 0 saturated heterocycles. The van der Waals surface area contributed by atoms with E-state index in [1.54, 1.807) is 26.1 Å². The highest BCUT2D eigenvalue weighted by atomic mass is 32.2. The van der Waals surface area contributed by atoms with Gasteiger partial charge in [-0.1, -0.05) is 0 Å². The summed E-state index contributed by atoms with van der Waals surface area (Å²) >= 11 is 0. The summed E-state index contributed by atoms with van der Waals surface area (Å²) in [4.78, 5) is 3.95. The molecule has 100 valence electrons. The number of pyridine rings is 1. The molecule has 4 nitrogen and oxygen atoms in total. The quantitative estimate of drug-likeness (QED) is 0.940. The van der Waals surface area contributed by atoms with Gasteiger partial charge in [-0.05, 0) is 49.2 Å². The molecule has 0 saturated carbocycles. The van der Waals surface area contributed by atoms with Crippen LogP contribution in [0.1, 0.15) is 11.1 Å². The molecule has 1 N–H and O–H groups in total. The molecule has 0 atom stereocenters. The van der Waals surface area contributed by atoms with E-state index in [2.05, 4.69) is 9.71 Å². The lowest BCUT2D eigenvalue weighted by molar-refractivity contribution is 0.598. The normalized spacial score (nSPS) is 11.3. The molecular weight excluding hydrogens is 267 g/mol. The number of aromatic nitrogens is 1. The summed E-state index contributed by atoms with van der Waals surface area (Å²) in [6.45, 7) is 3.30. The second kappa shape index (κ2) is 4.97. The molecule has 1 aromatic carbocycles. The number of aryl methyl sites for hydroxylation is 2. The van der Waals surface area contributed by atoms with Gasteiger partial charge >= 0.3 is 0 Å². The van der Waals surface area contributed by atoms with Gasteiger partial charge in [0, 0.05) is 12.4 Å². The Morgan fingerprint density at radius 1 is 1.16 bits per heavy atom. The molecule has 0 aliphatic carbocycles. The minimum absolute atomic E-state index is 0.0603. The molecule has 1 aromatic heterocycles. The van der Waals surface area contributed by atoms with Crippen LogP contribution in [-0.2, 0) is 10.0 Å². The monoisotopic (exact) mass is 280 g/mol. The Kier molecular flexibility index (Phi) is 3.53. The van der Waals surface area contributed by atoms with Crippen molar-refractivity contribution in [2.75, 3.05) is 4.72 Å². The van der Waals surface area contributed by atoms with E-state index < -0.39 is 15.8 Å². The molecule has 0 bridgehead atoms. The van der Waals surface area contributed by atoms with Crippen LogP contribution in [0.2, 0.25) is 0 Å². The Morgan fingerprint density at radius 3 is 2.53 bits per heavy atom. The van der Waals surface area contributed by atoms with Gasteiger partial charge in [0.2, 0.25) is 0 Å². The Morgan fingerprint density at radius 2 is 1.89 bits per heavy atom. The average Bonchev–Trinajstić information content (AvgIpc) is 2.31. The molecule has 0 unspecified atom stereocenters. The number of hydrogen-bond acceptors (Lipinski definition) is 3. The number of sulfonamides is 1. The summed E-state index contributed by atoms with van der Waals surface area (Å²) < 4.78 is 39.9. The molecule has 2 rings (SSSR count). The van der Waals surface area contributed by atoms with Crippen LogP contribution in [0.3, 0.4) is 0 Å². The lowest BCUT2D eigenvalue weighted by Crippen LogP contribution is -2.15. The van der Waals surface area contributed by atoms with Crippen molar-refractivity contribution in [2.45, 2.75) is 18.7 Å². The van der Waals surface area contributed by atoms with E-state index in [9.17, 15) is 12.8 Å². The fraction of sp³-hybridized carbons (Fsp3) is 0.154. The van der Waals surface area contributed by atoms with Crippen LogP contribution < -0.4 is 4.72 Å². The number of anilines is 1. The first-order valence-corrected chi connectivity index (χ1v) is 7.08. The van der Waals surface area contributed by atoms with Gasteiger partial charge in [-0.15, -0.1) is 0 Å². The topological polar surface area (TPSA) is 59.1 Å². The second-order valence-corrected chi connectivity index (χ2v) is 5.86. The highest BCUT2D eigenvalue weighted by molar-refractivity contribution is 7.92. The summed E-state index contributed by atoms with van der Waals surface area (Å²) in [6, 6.07) is 5.14. The van der Waals surface area contributed by atoms with E-state index >= 15 is 0 Å². The van der Waals surface area contributed by atoms with Crippen molar-refractivity contribution in [3.8, 4) is 0 Å². The van der Waals surface area contributed by atoms with Gasteiger partial charge in [0.15, 0.2) is 0 Å². The van der Waals surface area contributed by atoms with Gasteiger partial charge in [-0.25, -0.2) is 12.8 Å². The van der Waals surface area contributed by atoms with Crippen LogP contribution in [0.4, 0.5) is 10.1 Å². The molecule has 19 heavy (non-hydrogen) atoms. The summed E-state index contributed by atoms with van der Waals surface area (Å²) in [6.07, 6.45) is 3.07. The SMILES string of the molecule is Cc1cnccc1NS(=O)(=O)c1ccc(F)cc1C. The fourth-order valence-electron chi connectivity index (χ4n) is 1.70. The number of rotatable bonds is 3.